The van der Waals surface area contributed by atoms with Gasteiger partial charge >= 0.3 is 0 Å². The highest BCUT2D eigenvalue weighted by Crippen LogP contribution is 2.27. The fraction of sp³-hybridized carbons (Fsp3) is 0.312. The molecule has 3 nitrogen and oxygen atoms in total. The van der Waals surface area contributed by atoms with Gasteiger partial charge in [0.25, 0.3) is 0 Å². The Morgan fingerprint density at radius 3 is 2.76 bits per heavy atom. The van der Waals surface area contributed by atoms with E-state index in [0.29, 0.717) is 6.61 Å². The van der Waals surface area contributed by atoms with E-state index >= 15 is 0 Å². The Morgan fingerprint density at radius 2 is 2.10 bits per heavy atom. The third-order valence-electron chi connectivity index (χ3n) is 3.11. The highest BCUT2D eigenvalue weighted by Gasteiger charge is 2.15. The normalized spacial score (nSPS) is 12.2. The highest BCUT2D eigenvalue weighted by atomic mass is 35.5. The number of nitrogens with zero attached hydrogens (tertiary/aromatic N) is 1. The minimum atomic E-state index is -0.423. The first-order valence-electron chi connectivity index (χ1n) is 6.85. The van der Waals surface area contributed by atoms with Crippen LogP contribution in [0.25, 0.3) is 0 Å². The second-order valence-electron chi connectivity index (χ2n) is 4.70. The summed E-state index contributed by atoms with van der Waals surface area (Å²) in [6, 6.07) is 6.51. The van der Waals surface area contributed by atoms with Gasteiger partial charge in [-0.3, -0.25) is 4.98 Å². The SMILES string of the molecule is CCCOc1cncc(C(NC)c2ccc(F)c(Cl)c2)c1. The fourth-order valence-electron chi connectivity index (χ4n) is 2.11. The van der Waals surface area contributed by atoms with Crippen LogP contribution >= 0.6 is 11.6 Å². The molecule has 1 aromatic heterocycles. The molecule has 0 amide bonds. The van der Waals surface area contributed by atoms with Gasteiger partial charge in [0.05, 0.1) is 23.9 Å². The summed E-state index contributed by atoms with van der Waals surface area (Å²) in [6.07, 6.45) is 4.38. The van der Waals surface area contributed by atoms with Gasteiger partial charge in [-0.05, 0) is 42.8 Å². The molecular weight excluding hydrogens is 291 g/mol. The molecule has 112 valence electrons. The molecule has 0 saturated heterocycles. The fourth-order valence-corrected chi connectivity index (χ4v) is 2.30. The Labute approximate surface area is 129 Å². The average Bonchev–Trinajstić information content (AvgIpc) is 2.50. The largest absolute Gasteiger partial charge is 0.492 e. The first kappa shape index (κ1) is 15.7. The number of hydrogen-bond donors (Lipinski definition) is 1. The summed E-state index contributed by atoms with van der Waals surface area (Å²) in [5.41, 5.74) is 1.81. The number of benzene rings is 1. The van der Waals surface area contributed by atoms with E-state index in [1.165, 1.54) is 6.07 Å². The third kappa shape index (κ3) is 3.93. The van der Waals surface area contributed by atoms with E-state index in [1.807, 2.05) is 20.0 Å². The minimum absolute atomic E-state index is 0.110. The van der Waals surface area contributed by atoms with Crippen molar-refractivity contribution < 1.29 is 9.13 Å². The monoisotopic (exact) mass is 308 g/mol. The molecule has 21 heavy (non-hydrogen) atoms. The number of hydrogen-bond acceptors (Lipinski definition) is 3. The van der Waals surface area contributed by atoms with E-state index in [4.69, 9.17) is 16.3 Å². The molecule has 1 unspecified atom stereocenters. The molecule has 5 heteroatoms. The lowest BCUT2D eigenvalue weighted by molar-refractivity contribution is 0.315. The first-order chi connectivity index (χ1) is 10.2. The number of ether oxygens (including phenoxy) is 1. The molecule has 0 fully saturated rings. The molecule has 2 rings (SSSR count). The Balaban J connectivity index is 2.30. The van der Waals surface area contributed by atoms with E-state index < -0.39 is 5.82 Å². The highest BCUT2D eigenvalue weighted by molar-refractivity contribution is 6.30. The minimum Gasteiger partial charge on any atom is -0.492 e. The topological polar surface area (TPSA) is 34.1 Å². The lowest BCUT2D eigenvalue weighted by atomic mass is 10.0. The van der Waals surface area contributed by atoms with Gasteiger partial charge in [-0.15, -0.1) is 0 Å². The van der Waals surface area contributed by atoms with Crippen molar-refractivity contribution in [3.8, 4) is 5.75 Å². The second kappa shape index (κ2) is 7.38. The van der Waals surface area contributed by atoms with Crippen molar-refractivity contribution in [2.24, 2.45) is 0 Å². The molecular formula is C16H18ClFN2O. The van der Waals surface area contributed by atoms with Crippen LogP contribution in [0.3, 0.4) is 0 Å². The second-order valence-corrected chi connectivity index (χ2v) is 5.10. The summed E-state index contributed by atoms with van der Waals surface area (Å²) in [5.74, 6) is 0.302. The lowest BCUT2D eigenvalue weighted by Crippen LogP contribution is -2.18. The molecule has 0 aliphatic rings. The Kier molecular flexibility index (Phi) is 5.53. The standard InChI is InChI=1S/C16H18ClFN2O/c1-3-6-21-13-7-12(9-20-10-13)16(19-2)11-4-5-15(18)14(17)8-11/h4-5,7-10,16,19H,3,6H2,1-2H3. The van der Waals surface area contributed by atoms with Crippen LogP contribution < -0.4 is 10.1 Å². The average molecular weight is 309 g/mol. The molecule has 0 saturated carbocycles. The van der Waals surface area contributed by atoms with Gasteiger partial charge in [0.2, 0.25) is 0 Å². The van der Waals surface area contributed by atoms with Crippen LogP contribution in [0.4, 0.5) is 4.39 Å². The molecule has 0 spiro atoms. The zero-order chi connectivity index (χ0) is 15.2. The quantitative estimate of drug-likeness (QED) is 0.876. The van der Waals surface area contributed by atoms with Crippen molar-refractivity contribution in [1.82, 2.24) is 10.3 Å². The molecule has 1 atom stereocenters. The summed E-state index contributed by atoms with van der Waals surface area (Å²) >= 11 is 5.86. The van der Waals surface area contributed by atoms with Gasteiger partial charge in [-0.25, -0.2) is 4.39 Å². The lowest BCUT2D eigenvalue weighted by Gasteiger charge is -2.18. The van der Waals surface area contributed by atoms with Crippen LogP contribution in [0.5, 0.6) is 5.75 Å². The maximum atomic E-state index is 13.3. The van der Waals surface area contributed by atoms with Crippen molar-refractivity contribution in [2.75, 3.05) is 13.7 Å². The number of nitrogens with one attached hydrogen (secondary N) is 1. The third-order valence-corrected chi connectivity index (χ3v) is 3.40. The van der Waals surface area contributed by atoms with E-state index in [9.17, 15) is 4.39 Å². The van der Waals surface area contributed by atoms with Crippen LogP contribution in [-0.4, -0.2) is 18.6 Å². The van der Waals surface area contributed by atoms with Gasteiger partial charge in [0.1, 0.15) is 11.6 Å². The van der Waals surface area contributed by atoms with Gasteiger partial charge < -0.3 is 10.1 Å². The Hall–Kier alpha value is -1.65. The van der Waals surface area contributed by atoms with Crippen LogP contribution in [0, 0.1) is 5.82 Å². The van der Waals surface area contributed by atoms with Crippen molar-refractivity contribution in [2.45, 2.75) is 19.4 Å². The summed E-state index contributed by atoms with van der Waals surface area (Å²) in [6.45, 7) is 2.70. The molecule has 1 heterocycles. The Bertz CT molecular complexity index is 607. The van der Waals surface area contributed by atoms with E-state index in [-0.39, 0.29) is 11.1 Å². The summed E-state index contributed by atoms with van der Waals surface area (Å²) in [5, 5.41) is 3.30. The van der Waals surface area contributed by atoms with E-state index in [0.717, 1.165) is 23.3 Å². The predicted octanol–water partition coefficient (Wildman–Crippen LogP) is 3.97. The number of rotatable bonds is 6. The summed E-state index contributed by atoms with van der Waals surface area (Å²) < 4.78 is 18.9. The van der Waals surface area contributed by atoms with Crippen molar-refractivity contribution >= 4 is 11.6 Å². The maximum Gasteiger partial charge on any atom is 0.141 e. The number of aromatic nitrogens is 1. The predicted molar refractivity (Wildman–Crippen MR) is 82.3 cm³/mol. The van der Waals surface area contributed by atoms with Crippen LogP contribution in [0.2, 0.25) is 5.02 Å². The molecule has 0 aliphatic heterocycles. The number of pyridine rings is 1. The maximum absolute atomic E-state index is 13.3. The smallest absolute Gasteiger partial charge is 0.141 e. The van der Waals surface area contributed by atoms with Crippen molar-refractivity contribution in [3.05, 3.63) is 58.6 Å². The number of halogens is 2. The first-order valence-corrected chi connectivity index (χ1v) is 7.23. The zero-order valence-corrected chi connectivity index (χ0v) is 12.8. The summed E-state index contributed by atoms with van der Waals surface area (Å²) in [7, 11) is 1.83. The molecule has 1 N–H and O–H groups in total. The van der Waals surface area contributed by atoms with Gasteiger partial charge in [-0.2, -0.15) is 0 Å². The van der Waals surface area contributed by atoms with Crippen molar-refractivity contribution in [3.63, 3.8) is 0 Å². The summed E-state index contributed by atoms with van der Waals surface area (Å²) in [4.78, 5) is 4.20. The zero-order valence-electron chi connectivity index (χ0n) is 12.1. The van der Waals surface area contributed by atoms with Crippen LogP contribution in [0.1, 0.15) is 30.5 Å². The molecule has 0 bridgehead atoms. The molecule has 1 aromatic carbocycles. The molecule has 0 radical (unpaired) electrons. The van der Waals surface area contributed by atoms with Gasteiger partial charge in [-0.1, -0.05) is 24.6 Å². The van der Waals surface area contributed by atoms with Gasteiger partial charge in [0, 0.05) is 6.20 Å². The van der Waals surface area contributed by atoms with Crippen LogP contribution in [0.15, 0.2) is 36.7 Å². The molecule has 2 aromatic rings. The van der Waals surface area contributed by atoms with Crippen molar-refractivity contribution in [1.29, 1.82) is 0 Å². The van der Waals surface area contributed by atoms with E-state index in [2.05, 4.69) is 10.3 Å². The Morgan fingerprint density at radius 1 is 1.29 bits per heavy atom. The van der Waals surface area contributed by atoms with E-state index in [1.54, 1.807) is 24.5 Å². The molecule has 0 aliphatic carbocycles. The van der Waals surface area contributed by atoms with Gasteiger partial charge in [0.15, 0.2) is 0 Å². The van der Waals surface area contributed by atoms with Crippen LogP contribution in [-0.2, 0) is 0 Å².